The van der Waals surface area contributed by atoms with Crippen LogP contribution in [0.15, 0.2) is 36.5 Å². The molecule has 1 unspecified atom stereocenters. The largest absolute Gasteiger partial charge is 0.345 e. The fraction of sp³-hybridized carbons (Fsp3) is 0.389. The molecule has 2 aliphatic rings. The van der Waals surface area contributed by atoms with Crippen LogP contribution < -0.4 is 0 Å². The Balaban J connectivity index is 1.65. The Morgan fingerprint density at radius 1 is 1.29 bits per heavy atom. The number of amides is 2. The maximum Gasteiger partial charge on any atom is 0.239 e. The third kappa shape index (κ3) is 2.21. The molecule has 6 heteroatoms. The lowest BCUT2D eigenvalue weighted by molar-refractivity contribution is -0.151. The van der Waals surface area contributed by atoms with Crippen molar-refractivity contribution in [1.82, 2.24) is 20.0 Å². The van der Waals surface area contributed by atoms with Crippen molar-refractivity contribution in [3.05, 3.63) is 53.3 Å². The van der Waals surface area contributed by atoms with Gasteiger partial charge in [0.05, 0.1) is 18.4 Å². The average Bonchev–Trinajstić information content (AvgIpc) is 3.26. The highest BCUT2D eigenvalue weighted by Crippen LogP contribution is 2.38. The summed E-state index contributed by atoms with van der Waals surface area (Å²) in [5.41, 5.74) is 2.05. The van der Waals surface area contributed by atoms with E-state index in [2.05, 4.69) is 10.2 Å². The van der Waals surface area contributed by atoms with Crippen molar-refractivity contribution in [3.63, 3.8) is 0 Å². The quantitative estimate of drug-likeness (QED) is 0.866. The second-order valence-corrected chi connectivity index (χ2v) is 6.76. The Bertz CT molecular complexity index is 765. The van der Waals surface area contributed by atoms with Crippen LogP contribution in [-0.2, 0) is 29.1 Å². The SMILES string of the molecule is CN1CCC(Cc2ccccc2)(C(=O)N2Cc3cn[nH]c3C2)C1=O. The van der Waals surface area contributed by atoms with Gasteiger partial charge in [0, 0.05) is 25.7 Å². The standard InChI is InChI=1S/C18H20N4O2/c1-21-8-7-18(16(21)23,9-13-5-3-2-4-6-13)17(24)22-11-14-10-19-20-15(14)12-22/h2-6,10H,7-9,11-12H2,1H3,(H,19,20). The minimum atomic E-state index is -0.979. The van der Waals surface area contributed by atoms with Crippen LogP contribution in [0.2, 0.25) is 0 Å². The number of likely N-dealkylation sites (tertiary alicyclic amines) is 1. The summed E-state index contributed by atoms with van der Waals surface area (Å²) >= 11 is 0. The summed E-state index contributed by atoms with van der Waals surface area (Å²) in [4.78, 5) is 29.7. The van der Waals surface area contributed by atoms with Crippen LogP contribution in [0, 0.1) is 5.41 Å². The second kappa shape index (κ2) is 5.47. The highest BCUT2D eigenvalue weighted by atomic mass is 16.2. The molecular formula is C18H20N4O2. The Morgan fingerprint density at radius 3 is 2.75 bits per heavy atom. The van der Waals surface area contributed by atoms with Gasteiger partial charge in [-0.15, -0.1) is 0 Å². The van der Waals surface area contributed by atoms with Gasteiger partial charge in [-0.05, 0) is 18.4 Å². The van der Waals surface area contributed by atoms with Gasteiger partial charge in [0.25, 0.3) is 0 Å². The number of aromatic nitrogens is 2. The monoisotopic (exact) mass is 324 g/mol. The minimum Gasteiger partial charge on any atom is -0.345 e. The molecule has 1 aromatic carbocycles. The number of nitrogens with one attached hydrogen (secondary N) is 1. The number of nitrogens with zero attached hydrogens (tertiary/aromatic N) is 3. The number of hydrogen-bond acceptors (Lipinski definition) is 3. The molecule has 24 heavy (non-hydrogen) atoms. The Kier molecular flexibility index (Phi) is 3.40. The molecule has 1 N–H and O–H groups in total. The van der Waals surface area contributed by atoms with E-state index in [1.807, 2.05) is 30.3 Å². The summed E-state index contributed by atoms with van der Waals surface area (Å²) in [7, 11) is 1.78. The first-order valence-corrected chi connectivity index (χ1v) is 8.20. The Labute approximate surface area is 140 Å². The normalized spacial score (nSPS) is 23.0. The predicted octanol–water partition coefficient (Wildman–Crippen LogP) is 1.34. The van der Waals surface area contributed by atoms with Crippen LogP contribution in [0.25, 0.3) is 0 Å². The zero-order valence-electron chi connectivity index (χ0n) is 13.7. The number of benzene rings is 1. The predicted molar refractivity (Wildman–Crippen MR) is 87.7 cm³/mol. The highest BCUT2D eigenvalue weighted by molar-refractivity contribution is 6.06. The van der Waals surface area contributed by atoms with Crippen molar-refractivity contribution in [3.8, 4) is 0 Å². The zero-order chi connectivity index (χ0) is 16.7. The summed E-state index contributed by atoms with van der Waals surface area (Å²) < 4.78 is 0. The van der Waals surface area contributed by atoms with Gasteiger partial charge in [0.1, 0.15) is 5.41 Å². The molecular weight excluding hydrogens is 304 g/mol. The summed E-state index contributed by atoms with van der Waals surface area (Å²) in [6.45, 7) is 1.65. The Hall–Kier alpha value is -2.63. The highest BCUT2D eigenvalue weighted by Gasteiger charge is 2.53. The van der Waals surface area contributed by atoms with Crippen LogP contribution in [-0.4, -0.2) is 45.4 Å². The van der Waals surface area contributed by atoms with Gasteiger partial charge in [0.15, 0.2) is 0 Å². The lowest BCUT2D eigenvalue weighted by Crippen LogP contribution is -2.48. The van der Waals surface area contributed by atoms with E-state index < -0.39 is 5.41 Å². The van der Waals surface area contributed by atoms with Crippen molar-refractivity contribution >= 4 is 11.8 Å². The van der Waals surface area contributed by atoms with E-state index in [1.165, 1.54) is 0 Å². The van der Waals surface area contributed by atoms with E-state index in [0.717, 1.165) is 16.8 Å². The van der Waals surface area contributed by atoms with Crippen molar-refractivity contribution in [2.75, 3.05) is 13.6 Å². The van der Waals surface area contributed by atoms with E-state index in [-0.39, 0.29) is 11.8 Å². The molecule has 3 heterocycles. The summed E-state index contributed by atoms with van der Waals surface area (Å²) in [6.07, 6.45) is 2.78. The fourth-order valence-electron chi connectivity index (χ4n) is 3.82. The second-order valence-electron chi connectivity index (χ2n) is 6.76. The summed E-state index contributed by atoms with van der Waals surface area (Å²) in [6, 6.07) is 9.81. The van der Waals surface area contributed by atoms with Gasteiger partial charge < -0.3 is 9.80 Å². The first kappa shape index (κ1) is 14.9. The molecule has 0 spiro atoms. The van der Waals surface area contributed by atoms with Crippen LogP contribution >= 0.6 is 0 Å². The molecule has 6 nitrogen and oxygen atoms in total. The fourth-order valence-corrected chi connectivity index (χ4v) is 3.82. The van der Waals surface area contributed by atoms with Crippen molar-refractivity contribution in [2.24, 2.45) is 5.41 Å². The average molecular weight is 324 g/mol. The third-order valence-corrected chi connectivity index (χ3v) is 5.19. The van der Waals surface area contributed by atoms with E-state index in [9.17, 15) is 9.59 Å². The van der Waals surface area contributed by atoms with Gasteiger partial charge in [-0.3, -0.25) is 14.7 Å². The molecule has 0 bridgehead atoms. The lowest BCUT2D eigenvalue weighted by Gasteiger charge is -2.30. The lowest BCUT2D eigenvalue weighted by atomic mass is 9.78. The molecule has 0 radical (unpaired) electrons. The number of H-pyrrole nitrogens is 1. The van der Waals surface area contributed by atoms with Gasteiger partial charge in [-0.1, -0.05) is 30.3 Å². The first-order chi connectivity index (χ1) is 11.6. The smallest absolute Gasteiger partial charge is 0.239 e. The maximum atomic E-state index is 13.3. The molecule has 2 amide bonds. The molecule has 0 aliphatic carbocycles. The molecule has 4 rings (SSSR count). The molecule has 1 atom stereocenters. The summed E-state index contributed by atoms with van der Waals surface area (Å²) in [5.74, 6) is -0.129. The minimum absolute atomic E-state index is 0.0645. The topological polar surface area (TPSA) is 69.3 Å². The number of aromatic amines is 1. The molecule has 2 aliphatic heterocycles. The Morgan fingerprint density at radius 2 is 2.08 bits per heavy atom. The van der Waals surface area contributed by atoms with Crippen LogP contribution in [0.4, 0.5) is 0 Å². The van der Waals surface area contributed by atoms with Gasteiger partial charge in [-0.2, -0.15) is 5.10 Å². The van der Waals surface area contributed by atoms with E-state index >= 15 is 0 Å². The molecule has 1 fully saturated rings. The number of fused-ring (bicyclic) bond motifs is 1. The molecule has 0 saturated carbocycles. The van der Waals surface area contributed by atoms with Crippen molar-refractivity contribution in [2.45, 2.75) is 25.9 Å². The zero-order valence-corrected chi connectivity index (χ0v) is 13.7. The first-order valence-electron chi connectivity index (χ1n) is 8.20. The van der Waals surface area contributed by atoms with Crippen molar-refractivity contribution < 1.29 is 9.59 Å². The molecule has 2 aromatic rings. The van der Waals surface area contributed by atoms with Gasteiger partial charge in [-0.25, -0.2) is 0 Å². The van der Waals surface area contributed by atoms with Gasteiger partial charge in [0.2, 0.25) is 11.8 Å². The van der Waals surface area contributed by atoms with Crippen molar-refractivity contribution in [1.29, 1.82) is 0 Å². The number of rotatable bonds is 3. The number of carbonyl (C=O) groups is 2. The van der Waals surface area contributed by atoms with Crippen LogP contribution in [0.1, 0.15) is 23.2 Å². The van der Waals surface area contributed by atoms with Crippen LogP contribution in [0.3, 0.4) is 0 Å². The molecule has 1 saturated heterocycles. The molecule has 124 valence electrons. The summed E-state index contributed by atoms with van der Waals surface area (Å²) in [5, 5.41) is 6.95. The number of carbonyl (C=O) groups excluding carboxylic acids is 2. The maximum absolute atomic E-state index is 13.3. The third-order valence-electron chi connectivity index (χ3n) is 5.19. The van der Waals surface area contributed by atoms with E-state index in [4.69, 9.17) is 0 Å². The molecule has 1 aromatic heterocycles. The van der Waals surface area contributed by atoms with E-state index in [0.29, 0.717) is 32.5 Å². The van der Waals surface area contributed by atoms with Crippen LogP contribution in [0.5, 0.6) is 0 Å². The number of hydrogen-bond donors (Lipinski definition) is 1. The van der Waals surface area contributed by atoms with E-state index in [1.54, 1.807) is 23.0 Å². The van der Waals surface area contributed by atoms with Gasteiger partial charge >= 0.3 is 0 Å².